The number of para-hydroxylation sites is 1. The van der Waals surface area contributed by atoms with Crippen LogP contribution in [0.1, 0.15) is 30.0 Å². The second-order valence-corrected chi connectivity index (χ2v) is 4.64. The van der Waals surface area contributed by atoms with E-state index < -0.39 is 0 Å². The number of hydrogen-bond donors (Lipinski definition) is 0. The zero-order chi connectivity index (χ0) is 12.8. The van der Waals surface area contributed by atoms with Gasteiger partial charge in [-0.1, -0.05) is 61.4 Å². The highest BCUT2D eigenvalue weighted by molar-refractivity contribution is 5.33. The first-order valence-electron chi connectivity index (χ1n) is 6.56. The third-order valence-corrected chi connectivity index (χ3v) is 2.97. The van der Waals surface area contributed by atoms with Crippen LogP contribution in [-0.4, -0.2) is 0 Å². The van der Waals surface area contributed by atoms with E-state index in [0.29, 0.717) is 6.61 Å². The molecule has 18 heavy (non-hydrogen) atoms. The monoisotopic (exact) mass is 240 g/mol. The van der Waals surface area contributed by atoms with Gasteiger partial charge in [-0.25, -0.2) is 0 Å². The van der Waals surface area contributed by atoms with E-state index in [2.05, 4.69) is 56.3 Å². The number of ether oxygens (including phenoxy) is 1. The molecule has 0 fully saturated rings. The Morgan fingerprint density at radius 2 is 1.83 bits per heavy atom. The van der Waals surface area contributed by atoms with E-state index in [4.69, 9.17) is 4.74 Å². The maximum atomic E-state index is 5.93. The van der Waals surface area contributed by atoms with E-state index in [-0.39, 0.29) is 0 Å². The molecule has 0 saturated heterocycles. The predicted molar refractivity (Wildman–Crippen MR) is 75.9 cm³/mol. The van der Waals surface area contributed by atoms with Gasteiger partial charge in [-0.2, -0.15) is 0 Å². The molecule has 0 aliphatic rings. The van der Waals surface area contributed by atoms with Crippen LogP contribution in [0.25, 0.3) is 0 Å². The minimum absolute atomic E-state index is 0.641. The molecule has 0 radical (unpaired) electrons. The van der Waals surface area contributed by atoms with Gasteiger partial charge in [0.1, 0.15) is 12.4 Å². The van der Waals surface area contributed by atoms with Crippen LogP contribution in [0.4, 0.5) is 0 Å². The van der Waals surface area contributed by atoms with Crippen LogP contribution in [0.5, 0.6) is 5.75 Å². The molecule has 0 bridgehead atoms. The summed E-state index contributed by atoms with van der Waals surface area (Å²) in [6.07, 6.45) is 2.22. The van der Waals surface area contributed by atoms with Crippen molar-refractivity contribution < 1.29 is 4.74 Å². The van der Waals surface area contributed by atoms with E-state index in [9.17, 15) is 0 Å². The van der Waals surface area contributed by atoms with Gasteiger partial charge in [0.2, 0.25) is 0 Å². The molecule has 0 heterocycles. The van der Waals surface area contributed by atoms with Gasteiger partial charge >= 0.3 is 0 Å². The van der Waals surface area contributed by atoms with Crippen molar-refractivity contribution in [3.05, 3.63) is 65.2 Å². The lowest BCUT2D eigenvalue weighted by Gasteiger charge is -2.11. The maximum absolute atomic E-state index is 5.93. The highest BCUT2D eigenvalue weighted by atomic mass is 16.5. The topological polar surface area (TPSA) is 9.23 Å². The van der Waals surface area contributed by atoms with E-state index in [1.807, 2.05) is 6.07 Å². The predicted octanol–water partition coefficient (Wildman–Crippen LogP) is 4.53. The first kappa shape index (κ1) is 12.7. The molecule has 0 aliphatic heterocycles. The SMILES string of the molecule is CCCc1ccccc1OCc1cccc(C)c1. The number of hydrogen-bond acceptors (Lipinski definition) is 1. The van der Waals surface area contributed by atoms with Crippen molar-refractivity contribution in [1.29, 1.82) is 0 Å². The molecule has 94 valence electrons. The summed E-state index contributed by atoms with van der Waals surface area (Å²) in [5, 5.41) is 0. The van der Waals surface area contributed by atoms with Gasteiger partial charge in [0, 0.05) is 0 Å². The molecule has 0 unspecified atom stereocenters. The second-order valence-electron chi connectivity index (χ2n) is 4.64. The summed E-state index contributed by atoms with van der Waals surface area (Å²) in [6.45, 7) is 4.94. The lowest BCUT2D eigenvalue weighted by molar-refractivity contribution is 0.302. The van der Waals surface area contributed by atoms with Crippen molar-refractivity contribution in [2.75, 3.05) is 0 Å². The molecule has 1 nitrogen and oxygen atoms in total. The van der Waals surface area contributed by atoms with Crippen LogP contribution in [-0.2, 0) is 13.0 Å². The fourth-order valence-electron chi connectivity index (χ4n) is 2.08. The zero-order valence-electron chi connectivity index (χ0n) is 11.1. The van der Waals surface area contributed by atoms with Crippen molar-refractivity contribution in [3.63, 3.8) is 0 Å². The largest absolute Gasteiger partial charge is 0.489 e. The first-order valence-corrected chi connectivity index (χ1v) is 6.56. The average molecular weight is 240 g/mol. The fraction of sp³-hybridized carbons (Fsp3) is 0.294. The maximum Gasteiger partial charge on any atom is 0.122 e. The molecule has 0 atom stereocenters. The van der Waals surface area contributed by atoms with Gasteiger partial charge in [-0.15, -0.1) is 0 Å². The molecule has 0 N–H and O–H groups in total. The Balaban J connectivity index is 2.06. The van der Waals surface area contributed by atoms with Crippen molar-refractivity contribution in [2.45, 2.75) is 33.3 Å². The molecule has 0 aromatic heterocycles. The smallest absolute Gasteiger partial charge is 0.122 e. The number of benzene rings is 2. The van der Waals surface area contributed by atoms with Gasteiger partial charge in [-0.3, -0.25) is 0 Å². The molecule has 0 amide bonds. The molecule has 2 rings (SSSR count). The van der Waals surface area contributed by atoms with Gasteiger partial charge in [0.05, 0.1) is 0 Å². The standard InChI is InChI=1S/C17H20O/c1-3-7-16-10-4-5-11-17(16)18-13-15-9-6-8-14(2)12-15/h4-6,8-12H,3,7,13H2,1-2H3. The Labute approximate surface area is 109 Å². The summed E-state index contributed by atoms with van der Waals surface area (Å²) in [7, 11) is 0. The van der Waals surface area contributed by atoms with Gasteiger partial charge in [-0.05, 0) is 30.5 Å². The van der Waals surface area contributed by atoms with Crippen LogP contribution in [0, 0.1) is 6.92 Å². The van der Waals surface area contributed by atoms with Gasteiger partial charge < -0.3 is 4.74 Å². The van der Waals surface area contributed by atoms with E-state index >= 15 is 0 Å². The first-order chi connectivity index (χ1) is 8.79. The molecule has 1 heteroatoms. The quantitative estimate of drug-likeness (QED) is 0.746. The van der Waals surface area contributed by atoms with Crippen LogP contribution in [0.15, 0.2) is 48.5 Å². The Morgan fingerprint density at radius 1 is 1.00 bits per heavy atom. The van der Waals surface area contributed by atoms with Crippen LogP contribution in [0.2, 0.25) is 0 Å². The lowest BCUT2D eigenvalue weighted by Crippen LogP contribution is -1.98. The third kappa shape index (κ3) is 3.36. The Bertz CT molecular complexity index is 502. The minimum Gasteiger partial charge on any atom is -0.489 e. The molecule has 0 aliphatic carbocycles. The summed E-state index contributed by atoms with van der Waals surface area (Å²) in [5.74, 6) is 1.01. The summed E-state index contributed by atoms with van der Waals surface area (Å²) in [4.78, 5) is 0. The van der Waals surface area contributed by atoms with Crippen LogP contribution < -0.4 is 4.74 Å². The molecular formula is C17H20O. The summed E-state index contributed by atoms with van der Waals surface area (Å²) < 4.78 is 5.93. The molecule has 0 spiro atoms. The van der Waals surface area contributed by atoms with Crippen molar-refractivity contribution in [1.82, 2.24) is 0 Å². The molecule has 0 saturated carbocycles. The average Bonchev–Trinajstić information content (AvgIpc) is 2.38. The Hall–Kier alpha value is -1.76. The fourth-order valence-corrected chi connectivity index (χ4v) is 2.08. The van der Waals surface area contributed by atoms with Crippen molar-refractivity contribution in [3.8, 4) is 5.75 Å². The minimum atomic E-state index is 0.641. The third-order valence-electron chi connectivity index (χ3n) is 2.97. The van der Waals surface area contributed by atoms with Gasteiger partial charge in [0.25, 0.3) is 0 Å². The summed E-state index contributed by atoms with van der Waals surface area (Å²) >= 11 is 0. The van der Waals surface area contributed by atoms with E-state index in [1.54, 1.807) is 0 Å². The van der Waals surface area contributed by atoms with Crippen molar-refractivity contribution >= 4 is 0 Å². The van der Waals surface area contributed by atoms with Crippen LogP contribution >= 0.6 is 0 Å². The highest BCUT2D eigenvalue weighted by Gasteiger charge is 2.02. The summed E-state index contributed by atoms with van der Waals surface area (Å²) in [6, 6.07) is 16.8. The zero-order valence-corrected chi connectivity index (χ0v) is 11.1. The molecular weight excluding hydrogens is 220 g/mol. The normalized spacial score (nSPS) is 10.3. The van der Waals surface area contributed by atoms with E-state index in [1.165, 1.54) is 16.7 Å². The van der Waals surface area contributed by atoms with Gasteiger partial charge in [0.15, 0.2) is 0 Å². The highest BCUT2D eigenvalue weighted by Crippen LogP contribution is 2.20. The second kappa shape index (κ2) is 6.25. The Kier molecular flexibility index (Phi) is 4.40. The van der Waals surface area contributed by atoms with Crippen molar-refractivity contribution in [2.24, 2.45) is 0 Å². The summed E-state index contributed by atoms with van der Waals surface area (Å²) in [5.41, 5.74) is 3.80. The lowest BCUT2D eigenvalue weighted by atomic mass is 10.1. The van der Waals surface area contributed by atoms with E-state index in [0.717, 1.165) is 18.6 Å². The number of aryl methyl sites for hydroxylation is 2. The molecule has 2 aromatic carbocycles. The number of rotatable bonds is 5. The molecule has 2 aromatic rings. The Morgan fingerprint density at radius 3 is 2.61 bits per heavy atom. The van der Waals surface area contributed by atoms with Crippen LogP contribution in [0.3, 0.4) is 0 Å².